The number of sulfone groups is 1. The minimum atomic E-state index is -3.26. The number of aryl methyl sites for hydroxylation is 1. The lowest BCUT2D eigenvalue weighted by Gasteiger charge is -2.36. The fourth-order valence-corrected chi connectivity index (χ4v) is 3.67. The highest BCUT2D eigenvalue weighted by molar-refractivity contribution is 7.92. The summed E-state index contributed by atoms with van der Waals surface area (Å²) in [4.78, 5) is 11.8. The van der Waals surface area contributed by atoms with Crippen molar-refractivity contribution in [2.24, 2.45) is 0 Å². The summed E-state index contributed by atoms with van der Waals surface area (Å²) in [5.74, 6) is -0.817. The van der Waals surface area contributed by atoms with Gasteiger partial charge in [-0.15, -0.1) is 0 Å². The molecule has 1 N–H and O–H groups in total. The highest BCUT2D eigenvalue weighted by Gasteiger charge is 2.32. The standard InChI is InChI=1S/C16H23NO3S/c1-3-21(19,20)11-15(18)17-12-16(2)10-6-8-13-7-4-5-9-14(13)16/h4-5,7,9H,3,6,8,10-12H2,1-2H3,(H,17,18)/t16-/m0/s1. The predicted molar refractivity (Wildman–Crippen MR) is 84.1 cm³/mol. The number of hydrogen-bond acceptors (Lipinski definition) is 3. The molecule has 21 heavy (non-hydrogen) atoms. The van der Waals surface area contributed by atoms with E-state index < -0.39 is 21.5 Å². The topological polar surface area (TPSA) is 63.2 Å². The van der Waals surface area contributed by atoms with Crippen LogP contribution in [0, 0.1) is 0 Å². The molecule has 1 aliphatic rings. The molecule has 0 spiro atoms. The van der Waals surface area contributed by atoms with E-state index in [1.807, 2.05) is 12.1 Å². The third-order valence-electron chi connectivity index (χ3n) is 4.31. The van der Waals surface area contributed by atoms with Crippen molar-refractivity contribution in [3.05, 3.63) is 35.4 Å². The molecule has 1 amide bonds. The van der Waals surface area contributed by atoms with E-state index in [4.69, 9.17) is 0 Å². The third-order valence-corrected chi connectivity index (χ3v) is 5.89. The molecule has 2 rings (SSSR count). The smallest absolute Gasteiger partial charge is 0.235 e. The van der Waals surface area contributed by atoms with Crippen molar-refractivity contribution < 1.29 is 13.2 Å². The van der Waals surface area contributed by atoms with E-state index in [9.17, 15) is 13.2 Å². The van der Waals surface area contributed by atoms with Crippen molar-refractivity contribution in [2.45, 2.75) is 38.5 Å². The molecule has 0 heterocycles. The molecular formula is C16H23NO3S. The van der Waals surface area contributed by atoms with Gasteiger partial charge in [0.05, 0.1) is 0 Å². The molecule has 1 atom stereocenters. The van der Waals surface area contributed by atoms with Gasteiger partial charge in [0.2, 0.25) is 5.91 Å². The average molecular weight is 309 g/mol. The molecule has 0 saturated heterocycles. The monoisotopic (exact) mass is 309 g/mol. The van der Waals surface area contributed by atoms with Crippen LogP contribution in [0.3, 0.4) is 0 Å². The molecular weight excluding hydrogens is 286 g/mol. The first-order valence-corrected chi connectivity index (χ1v) is 9.24. The lowest BCUT2D eigenvalue weighted by Crippen LogP contribution is -2.42. The Morgan fingerprint density at radius 1 is 1.33 bits per heavy atom. The van der Waals surface area contributed by atoms with Crippen LogP contribution in [-0.4, -0.2) is 32.4 Å². The zero-order chi connectivity index (χ0) is 15.5. The van der Waals surface area contributed by atoms with Gasteiger partial charge in [0, 0.05) is 17.7 Å². The number of benzene rings is 1. The molecule has 116 valence electrons. The van der Waals surface area contributed by atoms with E-state index in [0.717, 1.165) is 19.3 Å². The number of amides is 1. The number of carbonyl (C=O) groups is 1. The third kappa shape index (κ3) is 3.84. The van der Waals surface area contributed by atoms with Crippen molar-refractivity contribution in [2.75, 3.05) is 18.1 Å². The van der Waals surface area contributed by atoms with Gasteiger partial charge in [-0.3, -0.25) is 4.79 Å². The SMILES string of the molecule is CCS(=O)(=O)CC(=O)NC[C@]1(C)CCCc2ccccc21. The van der Waals surface area contributed by atoms with Crippen LogP contribution in [0.5, 0.6) is 0 Å². The highest BCUT2D eigenvalue weighted by Crippen LogP contribution is 2.36. The van der Waals surface area contributed by atoms with Crippen LogP contribution in [0.25, 0.3) is 0 Å². The van der Waals surface area contributed by atoms with E-state index in [-0.39, 0.29) is 11.2 Å². The molecule has 1 aliphatic carbocycles. The van der Waals surface area contributed by atoms with Crippen molar-refractivity contribution in [3.8, 4) is 0 Å². The largest absolute Gasteiger partial charge is 0.354 e. The van der Waals surface area contributed by atoms with Gasteiger partial charge in [0.15, 0.2) is 9.84 Å². The molecule has 1 aromatic carbocycles. The van der Waals surface area contributed by atoms with E-state index in [1.165, 1.54) is 11.1 Å². The van der Waals surface area contributed by atoms with Gasteiger partial charge >= 0.3 is 0 Å². The van der Waals surface area contributed by atoms with Gasteiger partial charge in [-0.1, -0.05) is 38.1 Å². The van der Waals surface area contributed by atoms with Gasteiger partial charge < -0.3 is 5.32 Å². The normalized spacial score (nSPS) is 21.6. The summed E-state index contributed by atoms with van der Waals surface area (Å²) in [6, 6.07) is 8.31. The van der Waals surface area contributed by atoms with Crippen molar-refractivity contribution >= 4 is 15.7 Å². The molecule has 0 bridgehead atoms. The number of carbonyl (C=O) groups excluding carboxylic acids is 1. The summed E-state index contributed by atoms with van der Waals surface area (Å²) in [5, 5.41) is 2.81. The van der Waals surface area contributed by atoms with Crippen LogP contribution in [0.15, 0.2) is 24.3 Å². The first-order valence-electron chi connectivity index (χ1n) is 7.42. The summed E-state index contributed by atoms with van der Waals surface area (Å²) in [6.45, 7) is 4.18. The quantitative estimate of drug-likeness (QED) is 0.902. The number of hydrogen-bond donors (Lipinski definition) is 1. The fourth-order valence-electron chi connectivity index (χ4n) is 2.96. The molecule has 0 aliphatic heterocycles. The Balaban J connectivity index is 2.05. The summed E-state index contributed by atoms with van der Waals surface area (Å²) in [6.07, 6.45) is 3.17. The summed E-state index contributed by atoms with van der Waals surface area (Å²) >= 11 is 0. The Morgan fingerprint density at radius 2 is 2.05 bits per heavy atom. The molecule has 0 aromatic heterocycles. The average Bonchev–Trinajstić information content (AvgIpc) is 2.46. The second-order valence-corrected chi connectivity index (χ2v) is 8.38. The van der Waals surface area contributed by atoms with Crippen LogP contribution in [0.4, 0.5) is 0 Å². The lowest BCUT2D eigenvalue weighted by molar-refractivity contribution is -0.118. The van der Waals surface area contributed by atoms with E-state index in [2.05, 4.69) is 24.4 Å². The van der Waals surface area contributed by atoms with Gasteiger partial charge in [-0.2, -0.15) is 0 Å². The van der Waals surface area contributed by atoms with E-state index >= 15 is 0 Å². The zero-order valence-electron chi connectivity index (χ0n) is 12.7. The molecule has 0 saturated carbocycles. The molecule has 4 nitrogen and oxygen atoms in total. The molecule has 5 heteroatoms. The Labute approximate surface area is 126 Å². The summed E-state index contributed by atoms with van der Waals surface area (Å²) in [5.41, 5.74) is 2.50. The Hall–Kier alpha value is -1.36. The lowest BCUT2D eigenvalue weighted by atomic mass is 9.71. The minimum absolute atomic E-state index is 0.000517. The van der Waals surface area contributed by atoms with Gasteiger partial charge in [-0.25, -0.2) is 8.42 Å². The highest BCUT2D eigenvalue weighted by atomic mass is 32.2. The van der Waals surface area contributed by atoms with Gasteiger partial charge in [-0.05, 0) is 30.4 Å². The molecule has 0 fully saturated rings. The molecule has 0 unspecified atom stereocenters. The van der Waals surface area contributed by atoms with Crippen molar-refractivity contribution in [1.29, 1.82) is 0 Å². The maximum Gasteiger partial charge on any atom is 0.235 e. The van der Waals surface area contributed by atoms with E-state index in [0.29, 0.717) is 6.54 Å². The van der Waals surface area contributed by atoms with Crippen LogP contribution in [0.1, 0.15) is 37.8 Å². The number of nitrogens with one attached hydrogen (secondary N) is 1. The van der Waals surface area contributed by atoms with Gasteiger partial charge in [0.25, 0.3) is 0 Å². The zero-order valence-corrected chi connectivity index (χ0v) is 13.5. The van der Waals surface area contributed by atoms with Gasteiger partial charge in [0.1, 0.15) is 5.75 Å². The maximum atomic E-state index is 11.8. The fraction of sp³-hybridized carbons (Fsp3) is 0.562. The first-order chi connectivity index (χ1) is 9.86. The maximum absolute atomic E-state index is 11.8. The second kappa shape index (κ2) is 6.18. The minimum Gasteiger partial charge on any atom is -0.354 e. The Morgan fingerprint density at radius 3 is 2.76 bits per heavy atom. The van der Waals surface area contributed by atoms with Crippen LogP contribution < -0.4 is 5.32 Å². The number of fused-ring (bicyclic) bond motifs is 1. The van der Waals surface area contributed by atoms with Crippen molar-refractivity contribution in [3.63, 3.8) is 0 Å². The molecule has 1 aromatic rings. The van der Waals surface area contributed by atoms with E-state index in [1.54, 1.807) is 6.92 Å². The summed E-state index contributed by atoms with van der Waals surface area (Å²) in [7, 11) is -3.26. The van der Waals surface area contributed by atoms with Crippen LogP contribution in [0.2, 0.25) is 0 Å². The van der Waals surface area contributed by atoms with Crippen LogP contribution in [-0.2, 0) is 26.5 Å². The van der Waals surface area contributed by atoms with Crippen LogP contribution >= 0.6 is 0 Å². The molecule has 0 radical (unpaired) electrons. The number of rotatable bonds is 5. The Kier molecular flexibility index (Phi) is 4.71. The van der Waals surface area contributed by atoms with Crippen molar-refractivity contribution in [1.82, 2.24) is 5.32 Å². The second-order valence-electron chi connectivity index (χ2n) is 6.02. The first kappa shape index (κ1) is 16.0. The Bertz CT molecular complexity index is 624. The predicted octanol–water partition coefficient (Wildman–Crippen LogP) is 1.83. The summed E-state index contributed by atoms with van der Waals surface area (Å²) < 4.78 is 23.0.